The highest BCUT2D eigenvalue weighted by atomic mass is 79.9. The predicted octanol–water partition coefficient (Wildman–Crippen LogP) is 4.06. The fourth-order valence-corrected chi connectivity index (χ4v) is 3.29. The molecular formula is C17H13BrN2O. The molecule has 2 aliphatic heterocycles. The molecule has 0 spiro atoms. The Morgan fingerprint density at radius 3 is 2.71 bits per heavy atom. The summed E-state index contributed by atoms with van der Waals surface area (Å²) in [5.74, 6) is 0.0193. The van der Waals surface area contributed by atoms with Crippen molar-refractivity contribution in [2.24, 2.45) is 5.10 Å². The standard InChI is InChI=1S/C17H13BrN2O/c1-10-2-7-13-14(8-10)17(21)20-16(13)9-15(19-20)11-3-5-12(18)6-4-11/h2-8,16H,9H2,1H3. The fraction of sp³-hybridized carbons (Fsp3) is 0.176. The smallest absolute Gasteiger partial charge is 0.267 e. The van der Waals surface area contributed by atoms with E-state index in [1.54, 1.807) is 5.01 Å². The molecule has 1 unspecified atom stereocenters. The topological polar surface area (TPSA) is 32.7 Å². The van der Waals surface area contributed by atoms with Gasteiger partial charge in [-0.25, -0.2) is 5.01 Å². The van der Waals surface area contributed by atoms with Gasteiger partial charge in [0.1, 0.15) is 0 Å². The first-order valence-electron chi connectivity index (χ1n) is 6.91. The summed E-state index contributed by atoms with van der Waals surface area (Å²) in [5, 5.41) is 6.20. The van der Waals surface area contributed by atoms with E-state index in [1.165, 1.54) is 0 Å². The summed E-state index contributed by atoms with van der Waals surface area (Å²) in [6.07, 6.45) is 0.781. The summed E-state index contributed by atoms with van der Waals surface area (Å²) in [5.41, 5.74) is 5.07. The van der Waals surface area contributed by atoms with Crippen molar-refractivity contribution in [2.45, 2.75) is 19.4 Å². The maximum Gasteiger partial charge on any atom is 0.274 e. The van der Waals surface area contributed by atoms with Crippen molar-refractivity contribution in [2.75, 3.05) is 0 Å². The van der Waals surface area contributed by atoms with E-state index in [2.05, 4.69) is 33.2 Å². The van der Waals surface area contributed by atoms with Crippen molar-refractivity contribution in [1.29, 1.82) is 0 Å². The second-order valence-corrected chi connectivity index (χ2v) is 6.43. The molecule has 2 aromatic rings. The van der Waals surface area contributed by atoms with E-state index in [1.807, 2.05) is 37.3 Å². The number of hydrogen-bond donors (Lipinski definition) is 0. The lowest BCUT2D eigenvalue weighted by atomic mass is 9.97. The molecule has 2 aromatic carbocycles. The van der Waals surface area contributed by atoms with E-state index in [0.29, 0.717) is 0 Å². The molecule has 2 aliphatic rings. The third kappa shape index (κ3) is 1.94. The number of halogens is 1. The van der Waals surface area contributed by atoms with E-state index in [-0.39, 0.29) is 11.9 Å². The monoisotopic (exact) mass is 340 g/mol. The van der Waals surface area contributed by atoms with Crippen molar-refractivity contribution < 1.29 is 4.79 Å². The lowest BCUT2D eigenvalue weighted by molar-refractivity contribution is 0.0756. The molecule has 0 fully saturated rings. The SMILES string of the molecule is Cc1ccc2c(c1)C(=O)N1N=C(c3ccc(Br)cc3)CC21. The van der Waals surface area contributed by atoms with Gasteiger partial charge in [-0.3, -0.25) is 4.79 Å². The molecule has 4 heteroatoms. The summed E-state index contributed by atoms with van der Waals surface area (Å²) in [4.78, 5) is 12.5. The van der Waals surface area contributed by atoms with Crippen LogP contribution in [0.1, 0.15) is 39.5 Å². The van der Waals surface area contributed by atoms with Crippen LogP contribution in [0.4, 0.5) is 0 Å². The lowest BCUT2D eigenvalue weighted by Crippen LogP contribution is -2.17. The second-order valence-electron chi connectivity index (χ2n) is 5.51. The maximum atomic E-state index is 12.5. The van der Waals surface area contributed by atoms with E-state index >= 15 is 0 Å². The summed E-state index contributed by atoms with van der Waals surface area (Å²) in [6, 6.07) is 14.2. The Balaban J connectivity index is 1.72. The molecular weight excluding hydrogens is 328 g/mol. The summed E-state index contributed by atoms with van der Waals surface area (Å²) in [7, 11) is 0. The lowest BCUT2D eigenvalue weighted by Gasteiger charge is -2.10. The van der Waals surface area contributed by atoms with Gasteiger partial charge in [-0.05, 0) is 36.2 Å². The molecule has 0 aliphatic carbocycles. The predicted molar refractivity (Wildman–Crippen MR) is 85.4 cm³/mol. The number of benzene rings is 2. The molecule has 1 amide bonds. The zero-order chi connectivity index (χ0) is 14.6. The first-order chi connectivity index (χ1) is 10.1. The summed E-state index contributed by atoms with van der Waals surface area (Å²) < 4.78 is 1.04. The minimum absolute atomic E-state index is 0.0193. The minimum atomic E-state index is 0.0193. The van der Waals surface area contributed by atoms with Crippen LogP contribution < -0.4 is 0 Å². The molecule has 0 aromatic heterocycles. The second kappa shape index (κ2) is 4.53. The Hall–Kier alpha value is -1.94. The first-order valence-corrected chi connectivity index (χ1v) is 7.70. The number of carbonyl (C=O) groups excluding carboxylic acids is 1. The molecule has 21 heavy (non-hydrogen) atoms. The van der Waals surface area contributed by atoms with Gasteiger partial charge in [0.2, 0.25) is 0 Å². The maximum absolute atomic E-state index is 12.5. The molecule has 0 radical (unpaired) electrons. The van der Waals surface area contributed by atoms with Gasteiger partial charge >= 0.3 is 0 Å². The van der Waals surface area contributed by atoms with Crippen molar-refractivity contribution in [1.82, 2.24) is 5.01 Å². The Labute approximate surface area is 131 Å². The van der Waals surface area contributed by atoms with E-state index in [0.717, 1.165) is 38.9 Å². The molecule has 0 saturated heterocycles. The molecule has 0 saturated carbocycles. The van der Waals surface area contributed by atoms with Crippen LogP contribution in [0.15, 0.2) is 52.0 Å². The zero-order valence-electron chi connectivity index (χ0n) is 11.5. The Kier molecular flexibility index (Phi) is 2.76. The van der Waals surface area contributed by atoms with Gasteiger partial charge in [-0.2, -0.15) is 5.10 Å². The van der Waals surface area contributed by atoms with Crippen LogP contribution in [0, 0.1) is 6.92 Å². The number of rotatable bonds is 1. The molecule has 3 nitrogen and oxygen atoms in total. The number of fused-ring (bicyclic) bond motifs is 3. The van der Waals surface area contributed by atoms with Crippen LogP contribution in [0.2, 0.25) is 0 Å². The molecule has 1 atom stereocenters. The summed E-state index contributed by atoms with van der Waals surface area (Å²) >= 11 is 3.44. The third-order valence-corrected chi connectivity index (χ3v) is 4.62. The molecule has 2 heterocycles. The number of aryl methyl sites for hydroxylation is 1. The van der Waals surface area contributed by atoms with Gasteiger partial charge in [-0.15, -0.1) is 0 Å². The van der Waals surface area contributed by atoms with Gasteiger partial charge in [0.15, 0.2) is 0 Å². The van der Waals surface area contributed by atoms with E-state index < -0.39 is 0 Å². The first kappa shape index (κ1) is 12.8. The average Bonchev–Trinajstić information content (AvgIpc) is 3.00. The Bertz CT molecular complexity index is 780. The van der Waals surface area contributed by atoms with Crippen LogP contribution >= 0.6 is 15.9 Å². The third-order valence-electron chi connectivity index (χ3n) is 4.09. The van der Waals surface area contributed by atoms with Crippen molar-refractivity contribution in [3.05, 3.63) is 69.2 Å². The van der Waals surface area contributed by atoms with Crippen LogP contribution in [0.25, 0.3) is 0 Å². The van der Waals surface area contributed by atoms with E-state index in [9.17, 15) is 4.79 Å². The number of carbonyl (C=O) groups is 1. The van der Waals surface area contributed by atoms with Gasteiger partial charge in [0.25, 0.3) is 5.91 Å². The Morgan fingerprint density at radius 2 is 1.95 bits per heavy atom. The summed E-state index contributed by atoms with van der Waals surface area (Å²) in [6.45, 7) is 2.01. The molecule has 104 valence electrons. The highest BCUT2D eigenvalue weighted by Gasteiger charge is 2.41. The quantitative estimate of drug-likeness (QED) is 0.770. The van der Waals surface area contributed by atoms with Crippen LogP contribution in [-0.4, -0.2) is 16.6 Å². The van der Waals surface area contributed by atoms with Gasteiger partial charge < -0.3 is 0 Å². The fourth-order valence-electron chi connectivity index (χ4n) is 3.03. The average molecular weight is 341 g/mol. The molecule has 4 rings (SSSR count). The van der Waals surface area contributed by atoms with Gasteiger partial charge in [0, 0.05) is 16.5 Å². The van der Waals surface area contributed by atoms with Crippen LogP contribution in [0.5, 0.6) is 0 Å². The van der Waals surface area contributed by atoms with Crippen molar-refractivity contribution in [3.8, 4) is 0 Å². The molecule has 0 bridgehead atoms. The number of hydrazone groups is 1. The van der Waals surface area contributed by atoms with Crippen molar-refractivity contribution in [3.63, 3.8) is 0 Å². The van der Waals surface area contributed by atoms with Crippen LogP contribution in [0.3, 0.4) is 0 Å². The number of nitrogens with zero attached hydrogens (tertiary/aromatic N) is 2. The Morgan fingerprint density at radius 1 is 1.19 bits per heavy atom. The molecule has 0 N–H and O–H groups in total. The van der Waals surface area contributed by atoms with Crippen molar-refractivity contribution >= 4 is 27.5 Å². The van der Waals surface area contributed by atoms with Gasteiger partial charge in [-0.1, -0.05) is 45.8 Å². The number of amides is 1. The largest absolute Gasteiger partial charge is 0.274 e. The van der Waals surface area contributed by atoms with Crippen LogP contribution in [-0.2, 0) is 0 Å². The normalized spacial score (nSPS) is 19.5. The minimum Gasteiger partial charge on any atom is -0.267 e. The number of hydrogen-bond acceptors (Lipinski definition) is 2. The highest BCUT2D eigenvalue weighted by molar-refractivity contribution is 9.10. The highest BCUT2D eigenvalue weighted by Crippen LogP contribution is 2.41. The zero-order valence-corrected chi connectivity index (χ0v) is 13.1. The van der Waals surface area contributed by atoms with Gasteiger partial charge in [0.05, 0.1) is 11.8 Å². The van der Waals surface area contributed by atoms with E-state index in [4.69, 9.17) is 0 Å².